The van der Waals surface area contributed by atoms with Crippen LogP contribution in [0, 0.1) is 0 Å². The topological polar surface area (TPSA) is 26.7 Å². The minimum Gasteiger partial charge on any atom is -0.382 e. The average Bonchev–Trinajstić information content (AvgIpc) is 2.46. The molecule has 0 aliphatic carbocycles. The molecule has 0 bridgehead atoms. The van der Waals surface area contributed by atoms with Crippen molar-refractivity contribution in [3.8, 4) is 0 Å². The lowest BCUT2D eigenvalue weighted by atomic mass is 10.1. The highest BCUT2D eigenvalue weighted by Gasteiger charge is 2.39. The van der Waals surface area contributed by atoms with Crippen molar-refractivity contribution in [2.24, 2.45) is 0 Å². The molecule has 1 atom stereocenters. The number of halogens is 6. The molecule has 0 amide bonds. The van der Waals surface area contributed by atoms with Crippen molar-refractivity contribution in [2.45, 2.75) is 18.5 Å². The molecule has 1 fully saturated rings. The fraction of sp³-hybridized carbons (Fsp3) is 0.571. The zero-order valence-corrected chi connectivity index (χ0v) is 12.0. The van der Waals surface area contributed by atoms with Crippen molar-refractivity contribution in [2.75, 3.05) is 37.6 Å². The lowest BCUT2D eigenvalue weighted by molar-refractivity contribution is -0.208. The highest BCUT2D eigenvalue weighted by Crippen LogP contribution is 2.32. The number of anilines is 1. The van der Waals surface area contributed by atoms with Gasteiger partial charge in [0.1, 0.15) is 0 Å². The predicted octanol–water partition coefficient (Wildman–Crippen LogP) is 2.75. The molecular weight excluding hydrogens is 326 g/mol. The van der Waals surface area contributed by atoms with E-state index in [1.54, 1.807) is 4.90 Å². The largest absolute Gasteiger partial charge is 0.416 e. The summed E-state index contributed by atoms with van der Waals surface area (Å²) in [7, 11) is 0. The third-order valence-electron chi connectivity index (χ3n) is 3.72. The molecule has 1 aromatic carbocycles. The van der Waals surface area contributed by atoms with E-state index in [0.717, 1.165) is 12.1 Å². The number of β-amino-alcohol motifs (C(OH)–C–C–N with tert-alkyl or cyclic N) is 1. The van der Waals surface area contributed by atoms with Crippen molar-refractivity contribution < 1.29 is 31.4 Å². The minimum atomic E-state index is -4.67. The van der Waals surface area contributed by atoms with E-state index in [-0.39, 0.29) is 13.1 Å². The molecule has 1 saturated heterocycles. The zero-order chi connectivity index (χ0) is 17.3. The van der Waals surface area contributed by atoms with Gasteiger partial charge in [0.25, 0.3) is 0 Å². The van der Waals surface area contributed by atoms with Gasteiger partial charge < -0.3 is 10.0 Å². The number of alkyl halides is 6. The first-order chi connectivity index (χ1) is 10.6. The molecule has 0 aromatic heterocycles. The van der Waals surface area contributed by atoms with E-state index >= 15 is 0 Å². The Labute approximate surface area is 129 Å². The monoisotopic (exact) mass is 342 g/mol. The number of aliphatic hydroxyl groups is 1. The first kappa shape index (κ1) is 17.9. The molecule has 0 radical (unpaired) electrons. The predicted molar refractivity (Wildman–Crippen MR) is 72.2 cm³/mol. The first-order valence-corrected chi connectivity index (χ1v) is 6.97. The number of piperazine rings is 1. The highest BCUT2D eigenvalue weighted by atomic mass is 19.4. The molecule has 0 unspecified atom stereocenters. The molecule has 23 heavy (non-hydrogen) atoms. The van der Waals surface area contributed by atoms with Crippen molar-refractivity contribution in [1.29, 1.82) is 0 Å². The quantitative estimate of drug-likeness (QED) is 0.856. The molecule has 130 valence electrons. The van der Waals surface area contributed by atoms with Gasteiger partial charge in [-0.15, -0.1) is 0 Å². The van der Waals surface area contributed by atoms with Gasteiger partial charge >= 0.3 is 12.4 Å². The van der Waals surface area contributed by atoms with Crippen LogP contribution in [0.25, 0.3) is 0 Å². The van der Waals surface area contributed by atoms with Gasteiger partial charge in [-0.1, -0.05) is 6.07 Å². The minimum absolute atomic E-state index is 0.239. The van der Waals surface area contributed by atoms with E-state index in [9.17, 15) is 26.3 Å². The SMILES string of the molecule is O[C@H](CN1CCN(c2cccc(C(F)(F)F)c2)CC1)C(F)(F)F. The molecule has 0 saturated carbocycles. The molecule has 9 heteroatoms. The smallest absolute Gasteiger partial charge is 0.382 e. The van der Waals surface area contributed by atoms with Crippen LogP contribution < -0.4 is 4.90 Å². The van der Waals surface area contributed by atoms with Crippen LogP contribution in [-0.4, -0.2) is 55.0 Å². The second kappa shape index (κ2) is 6.56. The van der Waals surface area contributed by atoms with Crippen LogP contribution in [0.5, 0.6) is 0 Å². The molecule has 1 aliphatic rings. The fourth-order valence-corrected chi connectivity index (χ4v) is 2.42. The Kier molecular flexibility index (Phi) is 5.10. The summed E-state index contributed by atoms with van der Waals surface area (Å²) in [6.07, 6.45) is -11.5. The van der Waals surface area contributed by atoms with Crippen LogP contribution in [0.3, 0.4) is 0 Å². The second-order valence-corrected chi connectivity index (χ2v) is 5.39. The Morgan fingerprint density at radius 2 is 1.61 bits per heavy atom. The maximum absolute atomic E-state index is 12.7. The first-order valence-electron chi connectivity index (χ1n) is 6.97. The van der Waals surface area contributed by atoms with Gasteiger partial charge in [-0.2, -0.15) is 26.3 Å². The average molecular weight is 342 g/mol. The Bertz CT molecular complexity index is 523. The summed E-state index contributed by atoms with van der Waals surface area (Å²) in [5.41, 5.74) is -0.374. The number of nitrogens with zero attached hydrogens (tertiary/aromatic N) is 2. The summed E-state index contributed by atoms with van der Waals surface area (Å²) in [6, 6.07) is 4.84. The number of rotatable bonds is 3. The summed E-state index contributed by atoms with van der Waals surface area (Å²) in [6.45, 7) is 0.546. The third-order valence-corrected chi connectivity index (χ3v) is 3.72. The summed E-state index contributed by atoms with van der Waals surface area (Å²) >= 11 is 0. The van der Waals surface area contributed by atoms with Crippen molar-refractivity contribution in [3.05, 3.63) is 29.8 Å². The van der Waals surface area contributed by atoms with Crippen molar-refractivity contribution in [3.63, 3.8) is 0 Å². The lowest BCUT2D eigenvalue weighted by Gasteiger charge is -2.37. The van der Waals surface area contributed by atoms with E-state index in [0.29, 0.717) is 18.8 Å². The van der Waals surface area contributed by atoms with Gasteiger partial charge in [-0.3, -0.25) is 4.90 Å². The summed E-state index contributed by atoms with van der Waals surface area (Å²) in [4.78, 5) is 3.13. The number of benzene rings is 1. The maximum Gasteiger partial charge on any atom is 0.416 e. The van der Waals surface area contributed by atoms with Crippen LogP contribution in [0.1, 0.15) is 5.56 Å². The standard InChI is InChI=1S/C14H16F6N2O/c15-13(16,17)10-2-1-3-11(8-10)22-6-4-21(5-7-22)9-12(23)14(18,19)20/h1-3,8,12,23H,4-7,9H2/t12-/m1/s1. The van der Waals surface area contributed by atoms with Crippen LogP contribution in [0.4, 0.5) is 32.0 Å². The van der Waals surface area contributed by atoms with Gasteiger partial charge in [0.05, 0.1) is 5.56 Å². The van der Waals surface area contributed by atoms with Crippen LogP contribution in [-0.2, 0) is 6.18 Å². The summed E-state index contributed by atoms with van der Waals surface area (Å²) < 4.78 is 75.0. The normalized spacial score (nSPS) is 19.0. The van der Waals surface area contributed by atoms with E-state index < -0.39 is 30.6 Å². The van der Waals surface area contributed by atoms with Gasteiger partial charge in [0.15, 0.2) is 6.10 Å². The van der Waals surface area contributed by atoms with Crippen LogP contribution >= 0.6 is 0 Å². The lowest BCUT2D eigenvalue weighted by Crippen LogP contribution is -2.50. The molecular formula is C14H16F6N2O. The second-order valence-electron chi connectivity index (χ2n) is 5.39. The Morgan fingerprint density at radius 1 is 1.00 bits per heavy atom. The maximum atomic E-state index is 12.7. The van der Waals surface area contributed by atoms with Gasteiger partial charge in [-0.05, 0) is 18.2 Å². The Hall–Kier alpha value is -1.48. The molecule has 2 rings (SSSR count). The van der Waals surface area contributed by atoms with E-state index in [1.807, 2.05) is 0 Å². The van der Waals surface area contributed by atoms with E-state index in [2.05, 4.69) is 0 Å². The van der Waals surface area contributed by atoms with Crippen LogP contribution in [0.2, 0.25) is 0 Å². The van der Waals surface area contributed by atoms with Crippen molar-refractivity contribution in [1.82, 2.24) is 4.90 Å². The third kappa shape index (κ3) is 4.74. The molecule has 1 aromatic rings. The van der Waals surface area contributed by atoms with Crippen molar-refractivity contribution >= 4 is 5.69 Å². The van der Waals surface area contributed by atoms with E-state index in [1.165, 1.54) is 17.0 Å². The van der Waals surface area contributed by atoms with Gasteiger partial charge in [0, 0.05) is 38.4 Å². The van der Waals surface area contributed by atoms with E-state index in [4.69, 9.17) is 5.11 Å². The zero-order valence-electron chi connectivity index (χ0n) is 12.0. The van der Waals surface area contributed by atoms with Crippen LogP contribution in [0.15, 0.2) is 24.3 Å². The molecule has 1 N–H and O–H groups in total. The summed E-state index contributed by atoms with van der Waals surface area (Å²) in [5.74, 6) is 0. The number of hydrogen-bond donors (Lipinski definition) is 1. The van der Waals surface area contributed by atoms with Gasteiger partial charge in [0.2, 0.25) is 0 Å². The number of hydrogen-bond acceptors (Lipinski definition) is 3. The molecule has 1 heterocycles. The summed E-state index contributed by atoms with van der Waals surface area (Å²) in [5, 5.41) is 9.04. The Balaban J connectivity index is 1.95. The number of aliphatic hydroxyl groups excluding tert-OH is 1. The fourth-order valence-electron chi connectivity index (χ4n) is 2.42. The highest BCUT2D eigenvalue weighted by molar-refractivity contribution is 5.49. The molecule has 1 aliphatic heterocycles. The molecule has 3 nitrogen and oxygen atoms in total. The van der Waals surface area contributed by atoms with Gasteiger partial charge in [-0.25, -0.2) is 0 Å². The molecule has 0 spiro atoms. The Morgan fingerprint density at radius 3 is 2.13 bits per heavy atom.